The number of aryl methyl sites for hydroxylation is 1. The number of methoxy groups -OCH3 is 1. The van der Waals surface area contributed by atoms with Crippen LogP contribution in [0.5, 0.6) is 5.75 Å². The van der Waals surface area contributed by atoms with E-state index in [1.165, 1.54) is 7.11 Å². The third-order valence-corrected chi connectivity index (χ3v) is 6.25. The number of amides is 2. The molecule has 0 aromatic heterocycles. The summed E-state index contributed by atoms with van der Waals surface area (Å²) in [5.41, 5.74) is 2.37. The lowest BCUT2D eigenvalue weighted by Gasteiger charge is -2.31. The molecule has 2 aromatic carbocycles. The molecular weight excluding hydrogens is 454 g/mol. The smallest absolute Gasteiger partial charge is 0.319 e. The molecule has 1 heterocycles. The third kappa shape index (κ3) is 5.58. The molecule has 8 nitrogen and oxygen atoms in total. The summed E-state index contributed by atoms with van der Waals surface area (Å²) >= 11 is 1.02. The molecule has 0 bridgehead atoms. The van der Waals surface area contributed by atoms with Crippen LogP contribution in [0.25, 0.3) is 0 Å². The fraction of sp³-hybridized carbons (Fsp3) is 0.280. The lowest BCUT2D eigenvalue weighted by molar-refractivity contribution is -0.150. The molecular formula is C25H25N3O5S. The highest BCUT2D eigenvalue weighted by Crippen LogP contribution is 2.40. The zero-order valence-corrected chi connectivity index (χ0v) is 19.9. The molecule has 9 heteroatoms. The summed E-state index contributed by atoms with van der Waals surface area (Å²) in [4.78, 5) is 38.0. The quantitative estimate of drug-likeness (QED) is 0.439. The van der Waals surface area contributed by atoms with Crippen molar-refractivity contribution in [1.82, 2.24) is 5.32 Å². The minimum absolute atomic E-state index is 0.0647. The van der Waals surface area contributed by atoms with Crippen molar-refractivity contribution in [3.8, 4) is 11.8 Å². The maximum Gasteiger partial charge on any atom is 0.319 e. The zero-order valence-electron chi connectivity index (χ0n) is 19.1. The van der Waals surface area contributed by atoms with Gasteiger partial charge in [0.2, 0.25) is 11.8 Å². The Morgan fingerprint density at radius 1 is 1.18 bits per heavy atom. The molecule has 0 unspecified atom stereocenters. The van der Waals surface area contributed by atoms with Crippen LogP contribution < -0.4 is 15.4 Å². The van der Waals surface area contributed by atoms with Gasteiger partial charge in [-0.2, -0.15) is 5.26 Å². The molecule has 0 radical (unpaired) electrons. The van der Waals surface area contributed by atoms with Gasteiger partial charge in [0.05, 0.1) is 41.8 Å². The molecule has 2 N–H and O–H groups in total. The van der Waals surface area contributed by atoms with Gasteiger partial charge in [-0.15, -0.1) is 0 Å². The SMILES string of the molecule is CCOc1ccccc1NC(=O)CSC1=C(C#N)[C@H](c2ccc(C)cc2)[C@H](C(=O)OC)C(=O)N1. The van der Waals surface area contributed by atoms with E-state index in [2.05, 4.69) is 16.7 Å². The van der Waals surface area contributed by atoms with Gasteiger partial charge in [-0.3, -0.25) is 14.4 Å². The Bertz CT molecular complexity index is 1150. The monoisotopic (exact) mass is 479 g/mol. The van der Waals surface area contributed by atoms with E-state index in [1.54, 1.807) is 36.4 Å². The third-order valence-electron chi connectivity index (χ3n) is 5.23. The number of carbonyl (C=O) groups excluding carboxylic acids is 3. The number of esters is 1. The molecule has 1 aliphatic rings. The Balaban J connectivity index is 1.87. The molecule has 0 saturated carbocycles. The van der Waals surface area contributed by atoms with Gasteiger partial charge in [0.1, 0.15) is 11.7 Å². The number of rotatable bonds is 8. The standard InChI is InChI=1S/C25H25N3O5S/c1-4-33-19-8-6-5-7-18(19)27-20(29)14-34-24-17(13-26)21(16-11-9-15(2)10-12-16)22(23(30)28-24)25(31)32-3/h5-12,21-22H,4,14H2,1-3H3,(H,27,29)(H,28,30)/t21-,22-/m0/s1. The van der Waals surface area contributed by atoms with Crippen LogP contribution >= 0.6 is 11.8 Å². The Hall–Kier alpha value is -3.77. The molecule has 1 aliphatic heterocycles. The van der Waals surface area contributed by atoms with Gasteiger partial charge in [-0.05, 0) is 31.5 Å². The number of nitrogens with one attached hydrogen (secondary N) is 2. The summed E-state index contributed by atoms with van der Waals surface area (Å²) in [6.45, 7) is 4.22. The summed E-state index contributed by atoms with van der Waals surface area (Å²) in [7, 11) is 1.20. The van der Waals surface area contributed by atoms with Gasteiger partial charge >= 0.3 is 5.97 Å². The first kappa shape index (κ1) is 24.9. The molecule has 2 amide bonds. The average Bonchev–Trinajstić information content (AvgIpc) is 2.83. The number of benzene rings is 2. The number of nitrogens with zero attached hydrogens (tertiary/aromatic N) is 1. The van der Waals surface area contributed by atoms with Gasteiger partial charge in [0.15, 0.2) is 0 Å². The van der Waals surface area contributed by atoms with Gasteiger partial charge in [0, 0.05) is 5.92 Å². The first-order valence-corrected chi connectivity index (χ1v) is 11.6. The highest BCUT2D eigenvalue weighted by molar-refractivity contribution is 8.03. The summed E-state index contributed by atoms with van der Waals surface area (Å²) in [5, 5.41) is 15.6. The Morgan fingerprint density at radius 3 is 2.53 bits per heavy atom. The van der Waals surface area contributed by atoms with E-state index < -0.39 is 23.7 Å². The van der Waals surface area contributed by atoms with Crippen LogP contribution in [0.1, 0.15) is 24.0 Å². The number of thioether (sulfide) groups is 1. The van der Waals surface area contributed by atoms with Crippen LogP contribution in [0, 0.1) is 24.2 Å². The van der Waals surface area contributed by atoms with E-state index in [1.807, 2.05) is 26.0 Å². The number of hydrogen-bond donors (Lipinski definition) is 2. The van der Waals surface area contributed by atoms with Crippen molar-refractivity contribution in [3.05, 3.63) is 70.3 Å². The Labute approximate surface area is 202 Å². The van der Waals surface area contributed by atoms with Gasteiger partial charge in [0.25, 0.3) is 0 Å². The summed E-state index contributed by atoms with van der Waals surface area (Å²) < 4.78 is 10.4. The lowest BCUT2D eigenvalue weighted by atomic mass is 9.78. The van der Waals surface area contributed by atoms with Crippen molar-refractivity contribution < 1.29 is 23.9 Å². The minimum Gasteiger partial charge on any atom is -0.492 e. The summed E-state index contributed by atoms with van der Waals surface area (Å²) in [6, 6.07) is 16.5. The van der Waals surface area contributed by atoms with Gasteiger partial charge in [-0.1, -0.05) is 53.7 Å². The van der Waals surface area contributed by atoms with Crippen molar-refractivity contribution in [2.75, 3.05) is 24.8 Å². The van der Waals surface area contributed by atoms with Gasteiger partial charge in [-0.25, -0.2) is 0 Å². The van der Waals surface area contributed by atoms with Crippen LogP contribution in [0.4, 0.5) is 5.69 Å². The van der Waals surface area contributed by atoms with E-state index in [-0.39, 0.29) is 22.3 Å². The van der Waals surface area contributed by atoms with Crippen LogP contribution in [-0.4, -0.2) is 37.3 Å². The number of carbonyl (C=O) groups is 3. The van der Waals surface area contributed by atoms with Crippen molar-refractivity contribution in [2.45, 2.75) is 19.8 Å². The van der Waals surface area contributed by atoms with Crippen molar-refractivity contribution >= 4 is 35.2 Å². The molecule has 0 saturated heterocycles. The predicted molar refractivity (Wildman–Crippen MR) is 129 cm³/mol. The second kappa shape index (κ2) is 11.4. The Kier molecular flexibility index (Phi) is 8.33. The fourth-order valence-electron chi connectivity index (χ4n) is 3.63. The number of allylic oxidation sites excluding steroid dienone is 1. The molecule has 0 spiro atoms. The number of nitriles is 1. The normalized spacial score (nSPS) is 17.4. The van der Waals surface area contributed by atoms with Crippen LogP contribution in [-0.2, 0) is 19.1 Å². The molecule has 0 aliphatic carbocycles. The van der Waals surface area contributed by atoms with Crippen LogP contribution in [0.3, 0.4) is 0 Å². The maximum absolute atomic E-state index is 12.9. The number of para-hydroxylation sites is 2. The minimum atomic E-state index is -1.21. The topological polar surface area (TPSA) is 118 Å². The molecule has 0 fully saturated rings. The molecule has 3 rings (SSSR count). The van der Waals surface area contributed by atoms with Crippen molar-refractivity contribution in [3.63, 3.8) is 0 Å². The van der Waals surface area contributed by atoms with E-state index in [9.17, 15) is 19.6 Å². The average molecular weight is 480 g/mol. The van der Waals surface area contributed by atoms with Gasteiger partial charge < -0.3 is 20.1 Å². The maximum atomic E-state index is 12.9. The number of hydrogen-bond acceptors (Lipinski definition) is 7. The van der Waals surface area contributed by atoms with Crippen LogP contribution in [0.15, 0.2) is 59.1 Å². The fourth-order valence-corrected chi connectivity index (χ4v) is 4.48. The van der Waals surface area contributed by atoms with E-state index in [0.717, 1.165) is 17.3 Å². The number of anilines is 1. The highest BCUT2D eigenvalue weighted by Gasteiger charge is 2.44. The second-order valence-corrected chi connectivity index (χ2v) is 8.48. The molecule has 2 atom stereocenters. The summed E-state index contributed by atoms with van der Waals surface area (Å²) in [5.74, 6) is -3.20. The van der Waals surface area contributed by atoms with E-state index in [0.29, 0.717) is 23.6 Å². The largest absolute Gasteiger partial charge is 0.492 e. The van der Waals surface area contributed by atoms with E-state index in [4.69, 9.17) is 9.47 Å². The number of ether oxygens (including phenoxy) is 2. The van der Waals surface area contributed by atoms with Crippen LogP contribution in [0.2, 0.25) is 0 Å². The van der Waals surface area contributed by atoms with Crippen molar-refractivity contribution in [1.29, 1.82) is 5.26 Å². The predicted octanol–water partition coefficient (Wildman–Crippen LogP) is 3.50. The molecule has 176 valence electrons. The molecule has 34 heavy (non-hydrogen) atoms. The zero-order chi connectivity index (χ0) is 24.7. The Morgan fingerprint density at radius 2 is 1.88 bits per heavy atom. The second-order valence-electron chi connectivity index (χ2n) is 7.50. The molecule has 2 aromatic rings. The summed E-state index contributed by atoms with van der Waals surface area (Å²) in [6.07, 6.45) is 0. The first-order valence-electron chi connectivity index (χ1n) is 10.6. The van der Waals surface area contributed by atoms with E-state index >= 15 is 0 Å². The highest BCUT2D eigenvalue weighted by atomic mass is 32.2. The van der Waals surface area contributed by atoms with Crippen molar-refractivity contribution in [2.24, 2.45) is 5.92 Å². The lowest BCUT2D eigenvalue weighted by Crippen LogP contribution is -2.44. The first-order chi connectivity index (χ1) is 16.4.